The van der Waals surface area contributed by atoms with Crippen molar-refractivity contribution in [2.45, 2.75) is 71.5 Å². The predicted octanol–water partition coefficient (Wildman–Crippen LogP) is 2.87. The second kappa shape index (κ2) is 25.6. The molecule has 0 saturated heterocycles. The third-order valence-corrected chi connectivity index (χ3v) is 7.09. The molecule has 0 aliphatic carbocycles. The van der Waals surface area contributed by atoms with Gasteiger partial charge in [0.15, 0.2) is 17.5 Å². The molecular formula is C35H51F4N5O9. The van der Waals surface area contributed by atoms with E-state index in [-0.39, 0.29) is 76.7 Å². The topological polar surface area (TPSA) is 189 Å². The van der Waals surface area contributed by atoms with Crippen LogP contribution in [0.2, 0.25) is 0 Å². The number of amides is 3. The Hall–Kier alpha value is -4.39. The zero-order valence-corrected chi connectivity index (χ0v) is 30.6. The highest BCUT2D eigenvalue weighted by Crippen LogP contribution is 2.33. The summed E-state index contributed by atoms with van der Waals surface area (Å²) in [4.78, 5) is 53.0. The quantitative estimate of drug-likeness (QED) is 0.0120. The zero-order chi connectivity index (χ0) is 39.9. The number of carbonyl (C=O) groups excluding carboxylic acids is 4. The zero-order valence-electron chi connectivity index (χ0n) is 30.6. The van der Waals surface area contributed by atoms with E-state index in [4.69, 9.17) is 24.7 Å². The third kappa shape index (κ3) is 17.3. The van der Waals surface area contributed by atoms with Crippen molar-refractivity contribution >= 4 is 35.1 Å². The Morgan fingerprint density at radius 2 is 1.36 bits per heavy atom. The summed E-state index contributed by atoms with van der Waals surface area (Å²) in [6, 6.07) is -2.53. The molecule has 0 bridgehead atoms. The summed E-state index contributed by atoms with van der Waals surface area (Å²) in [5, 5.41) is 7.92. The number of ether oxygens (including phenoxy) is 5. The van der Waals surface area contributed by atoms with Gasteiger partial charge in [0.25, 0.3) is 0 Å². The van der Waals surface area contributed by atoms with Gasteiger partial charge in [-0.2, -0.15) is 4.39 Å². The van der Waals surface area contributed by atoms with Gasteiger partial charge in [-0.05, 0) is 32.8 Å². The summed E-state index contributed by atoms with van der Waals surface area (Å²) in [7, 11) is 0. The van der Waals surface area contributed by atoms with E-state index in [0.717, 1.165) is 12.8 Å². The molecule has 0 aliphatic heterocycles. The molecule has 5 N–H and O–H groups in total. The maximum absolute atomic E-state index is 14.4. The summed E-state index contributed by atoms with van der Waals surface area (Å²) in [5.74, 6) is -10.9. The lowest BCUT2D eigenvalue weighted by molar-refractivity contribution is -0.136. The number of allylic oxidation sites excluding steroid dienone is 1. The Balaban J connectivity index is 2.15. The monoisotopic (exact) mass is 761 g/mol. The van der Waals surface area contributed by atoms with E-state index in [9.17, 15) is 36.7 Å². The number of nitrogens with zero attached hydrogens (tertiary/aromatic N) is 1. The average molecular weight is 762 g/mol. The van der Waals surface area contributed by atoms with Crippen molar-refractivity contribution in [3.63, 3.8) is 0 Å². The Bertz CT molecular complexity index is 1430. The maximum Gasteiger partial charge on any atom is 0.313 e. The molecule has 1 rings (SSSR count). The minimum absolute atomic E-state index is 0.0483. The Morgan fingerprint density at radius 1 is 0.792 bits per heavy atom. The van der Waals surface area contributed by atoms with E-state index in [1.165, 1.54) is 19.9 Å². The third-order valence-electron chi connectivity index (χ3n) is 7.09. The fraction of sp³-hybridized carbons (Fsp3) is 0.571. The minimum atomic E-state index is -1.99. The van der Waals surface area contributed by atoms with Crippen LogP contribution in [0.1, 0.15) is 58.9 Å². The van der Waals surface area contributed by atoms with E-state index >= 15 is 0 Å². The highest BCUT2D eigenvalue weighted by molar-refractivity contribution is 5.95. The minimum Gasteiger partial charge on any atom is -0.420 e. The van der Waals surface area contributed by atoms with Crippen molar-refractivity contribution in [3.05, 3.63) is 48.1 Å². The molecule has 18 heteroatoms. The van der Waals surface area contributed by atoms with Crippen molar-refractivity contribution in [3.8, 4) is 5.75 Å². The number of benzene rings is 1. The van der Waals surface area contributed by atoms with Gasteiger partial charge in [0.1, 0.15) is 17.9 Å². The van der Waals surface area contributed by atoms with Gasteiger partial charge >= 0.3 is 5.97 Å². The van der Waals surface area contributed by atoms with E-state index < -0.39 is 76.9 Å². The van der Waals surface area contributed by atoms with Crippen LogP contribution in [0.15, 0.2) is 24.2 Å². The Labute approximate surface area is 306 Å². The van der Waals surface area contributed by atoms with Crippen LogP contribution in [-0.2, 0) is 38.1 Å². The molecule has 298 valence electrons. The molecule has 3 atom stereocenters. The standard InChI is InChI=1S/C35H51F4N5O9/c1-7-9-10-25(45)42-22(5)33(40)44-24(8-2)35(48)43-23(6)34(47)41-12-14-50-16-18-52-20-19-51-17-15-49-13-11-26(46)53-32-29(37)27(21(3)4)28(36)30(38)31(32)39/h8,22-24H,2-3,7,9-20H2,1,4-6H3,(H2,40,44)(H,41,47)(H,42,45)(H,43,48)/t22-,23-,24-/m0/s1. The number of halogens is 4. The lowest BCUT2D eigenvalue weighted by Crippen LogP contribution is -2.49. The van der Waals surface area contributed by atoms with Crippen LogP contribution >= 0.6 is 0 Å². The molecule has 0 aromatic heterocycles. The molecule has 53 heavy (non-hydrogen) atoms. The second-order valence-corrected chi connectivity index (χ2v) is 11.6. The van der Waals surface area contributed by atoms with E-state index in [1.54, 1.807) is 6.92 Å². The Kier molecular flexibility index (Phi) is 22.5. The molecule has 0 heterocycles. The highest BCUT2D eigenvalue weighted by atomic mass is 19.2. The number of hydrogen-bond acceptors (Lipinski definition) is 10. The normalized spacial score (nSPS) is 13.1. The van der Waals surface area contributed by atoms with Crippen LogP contribution in [0.5, 0.6) is 5.75 Å². The van der Waals surface area contributed by atoms with Crippen molar-refractivity contribution in [1.29, 1.82) is 0 Å². The maximum atomic E-state index is 14.4. The molecule has 1 aromatic rings. The van der Waals surface area contributed by atoms with Crippen molar-refractivity contribution in [2.75, 3.05) is 59.4 Å². The molecule has 3 amide bonds. The van der Waals surface area contributed by atoms with Gasteiger partial charge in [-0.3, -0.25) is 24.2 Å². The molecule has 0 spiro atoms. The molecule has 0 fully saturated rings. The highest BCUT2D eigenvalue weighted by Gasteiger charge is 2.28. The smallest absolute Gasteiger partial charge is 0.313 e. The summed E-state index contributed by atoms with van der Waals surface area (Å²) in [6.45, 7) is 14.6. The second-order valence-electron chi connectivity index (χ2n) is 11.6. The number of carbonyl (C=O) groups is 4. The number of nitrogens with one attached hydrogen (secondary N) is 3. The first-order valence-corrected chi connectivity index (χ1v) is 17.0. The number of amidine groups is 1. The molecule has 1 aromatic carbocycles. The molecular weight excluding hydrogens is 710 g/mol. The van der Waals surface area contributed by atoms with E-state index in [2.05, 4.69) is 38.8 Å². The summed E-state index contributed by atoms with van der Waals surface area (Å²) in [6.07, 6.45) is 2.83. The molecule has 0 aliphatic rings. The lowest BCUT2D eigenvalue weighted by Gasteiger charge is -2.18. The van der Waals surface area contributed by atoms with Crippen molar-refractivity contribution in [2.24, 2.45) is 10.7 Å². The van der Waals surface area contributed by atoms with Crippen LogP contribution in [0.25, 0.3) is 5.57 Å². The number of esters is 1. The van der Waals surface area contributed by atoms with Crippen LogP contribution in [0, 0.1) is 23.3 Å². The first kappa shape index (κ1) is 46.6. The first-order valence-electron chi connectivity index (χ1n) is 17.0. The summed E-state index contributed by atoms with van der Waals surface area (Å²) in [5.41, 5.74) is 4.82. The lowest BCUT2D eigenvalue weighted by atomic mass is 10.1. The Morgan fingerprint density at radius 3 is 1.91 bits per heavy atom. The number of nitrogens with two attached hydrogens (primary N) is 1. The van der Waals surface area contributed by atoms with Crippen LogP contribution in [0.4, 0.5) is 17.6 Å². The number of aliphatic imine (C=N–C) groups is 1. The molecule has 0 radical (unpaired) electrons. The van der Waals surface area contributed by atoms with Crippen molar-refractivity contribution < 1.29 is 60.4 Å². The fourth-order valence-electron chi connectivity index (χ4n) is 4.14. The molecule has 14 nitrogen and oxygen atoms in total. The van der Waals surface area contributed by atoms with Crippen molar-refractivity contribution in [1.82, 2.24) is 16.0 Å². The van der Waals surface area contributed by atoms with E-state index in [0.29, 0.717) is 6.42 Å². The fourth-order valence-corrected chi connectivity index (χ4v) is 4.14. The number of rotatable bonds is 27. The van der Waals surface area contributed by atoms with Gasteiger partial charge in [-0.15, -0.1) is 6.58 Å². The number of hydrogen-bond donors (Lipinski definition) is 4. The van der Waals surface area contributed by atoms with Crippen LogP contribution < -0.4 is 26.4 Å². The largest absolute Gasteiger partial charge is 0.420 e. The van der Waals surface area contributed by atoms with Crippen LogP contribution in [-0.4, -0.2) is 107 Å². The van der Waals surface area contributed by atoms with E-state index in [1.807, 2.05) is 6.92 Å². The van der Waals surface area contributed by atoms with Gasteiger partial charge in [0.05, 0.1) is 70.9 Å². The van der Waals surface area contributed by atoms with Gasteiger partial charge < -0.3 is 45.4 Å². The molecule has 0 saturated carbocycles. The van der Waals surface area contributed by atoms with Gasteiger partial charge in [-0.1, -0.05) is 26.0 Å². The molecule has 0 unspecified atom stereocenters. The summed E-state index contributed by atoms with van der Waals surface area (Å²) < 4.78 is 81.8. The van der Waals surface area contributed by atoms with Crippen LogP contribution in [0.3, 0.4) is 0 Å². The summed E-state index contributed by atoms with van der Waals surface area (Å²) >= 11 is 0. The van der Waals surface area contributed by atoms with Gasteiger partial charge in [-0.25, -0.2) is 13.2 Å². The SMILES string of the molecule is C=C[C@H](N=C(N)[C@H](C)NC(=O)CCCC)C(=O)N[C@@H](C)C(=O)NCCOCCOCCOCCOCCC(=O)Oc1c(F)c(F)c(F)c(C(=C)C)c1F. The van der Waals surface area contributed by atoms with Gasteiger partial charge in [0.2, 0.25) is 29.3 Å². The average Bonchev–Trinajstić information content (AvgIpc) is 3.11. The first-order chi connectivity index (χ1) is 25.2. The number of unbranched alkanes of at least 4 members (excludes halogenated alkanes) is 1. The predicted molar refractivity (Wildman–Crippen MR) is 188 cm³/mol. The van der Waals surface area contributed by atoms with Gasteiger partial charge in [0, 0.05) is 13.0 Å².